The summed E-state index contributed by atoms with van der Waals surface area (Å²) in [6.45, 7) is 2.05. The molecule has 0 bridgehead atoms. The van der Waals surface area contributed by atoms with Crippen LogP contribution in [0.3, 0.4) is 0 Å². The van der Waals surface area contributed by atoms with Crippen LogP contribution in [0.25, 0.3) is 0 Å². The molecule has 2 rings (SSSR count). The third-order valence-electron chi connectivity index (χ3n) is 2.50. The lowest BCUT2D eigenvalue weighted by Crippen LogP contribution is -2.15. The average Bonchev–Trinajstić information content (AvgIpc) is 2.99. The number of thiazole rings is 1. The van der Waals surface area contributed by atoms with Crippen molar-refractivity contribution >= 4 is 23.1 Å². The van der Waals surface area contributed by atoms with Crippen LogP contribution < -0.4 is 5.32 Å². The molecular formula is C11H18N2S2. The Balaban J connectivity index is 1.64. The monoisotopic (exact) mass is 242 g/mol. The van der Waals surface area contributed by atoms with Crippen molar-refractivity contribution in [2.75, 3.05) is 18.6 Å². The molecule has 0 saturated heterocycles. The molecule has 0 unspecified atom stereocenters. The van der Waals surface area contributed by atoms with E-state index in [1.807, 2.05) is 23.1 Å². The molecule has 1 aliphatic carbocycles. The Hall–Kier alpha value is -0.0600. The lowest BCUT2D eigenvalue weighted by molar-refractivity contribution is 0.668. The maximum absolute atomic E-state index is 4.64. The molecule has 1 aromatic rings. The van der Waals surface area contributed by atoms with E-state index in [0.717, 1.165) is 19.0 Å². The van der Waals surface area contributed by atoms with E-state index in [2.05, 4.69) is 21.9 Å². The van der Waals surface area contributed by atoms with Gasteiger partial charge in [0.1, 0.15) is 0 Å². The predicted octanol–water partition coefficient (Wildman–Crippen LogP) is 2.86. The fourth-order valence-electron chi connectivity index (χ4n) is 1.48. The first-order valence-corrected chi connectivity index (χ1v) is 7.81. The molecule has 0 atom stereocenters. The van der Waals surface area contributed by atoms with Crippen LogP contribution in [0, 0.1) is 0 Å². The molecule has 0 spiro atoms. The van der Waals surface area contributed by atoms with Crippen molar-refractivity contribution in [2.45, 2.75) is 31.7 Å². The molecule has 1 aliphatic rings. The highest BCUT2D eigenvalue weighted by Crippen LogP contribution is 2.41. The van der Waals surface area contributed by atoms with Gasteiger partial charge in [-0.2, -0.15) is 11.8 Å². The Morgan fingerprint density at radius 1 is 1.60 bits per heavy atom. The van der Waals surface area contributed by atoms with Gasteiger partial charge in [0.05, 0.1) is 10.7 Å². The molecule has 1 N–H and O–H groups in total. The smallest absolute Gasteiger partial charge is 0.0959 e. The zero-order valence-corrected chi connectivity index (χ0v) is 10.8. The first kappa shape index (κ1) is 11.4. The molecule has 0 aliphatic heterocycles. The van der Waals surface area contributed by atoms with E-state index in [1.165, 1.54) is 35.7 Å². The molecule has 1 heterocycles. The number of aromatic nitrogens is 1. The van der Waals surface area contributed by atoms with Gasteiger partial charge in [0.2, 0.25) is 0 Å². The third-order valence-corrected chi connectivity index (χ3v) is 4.26. The molecule has 15 heavy (non-hydrogen) atoms. The summed E-state index contributed by atoms with van der Waals surface area (Å²) in [5.74, 6) is 2.05. The highest BCUT2D eigenvalue weighted by molar-refractivity contribution is 7.98. The van der Waals surface area contributed by atoms with Crippen molar-refractivity contribution < 1.29 is 0 Å². The van der Waals surface area contributed by atoms with Crippen LogP contribution in [-0.4, -0.2) is 23.5 Å². The Labute approximate surface area is 99.9 Å². The Kier molecular flexibility index (Phi) is 4.47. The van der Waals surface area contributed by atoms with Gasteiger partial charge >= 0.3 is 0 Å². The van der Waals surface area contributed by atoms with Gasteiger partial charge in [-0.1, -0.05) is 0 Å². The van der Waals surface area contributed by atoms with Gasteiger partial charge in [-0.25, -0.2) is 4.98 Å². The lowest BCUT2D eigenvalue weighted by atomic mass is 10.4. The van der Waals surface area contributed by atoms with Gasteiger partial charge < -0.3 is 5.32 Å². The zero-order valence-electron chi connectivity index (χ0n) is 9.16. The fourth-order valence-corrected chi connectivity index (χ4v) is 2.90. The highest BCUT2D eigenvalue weighted by Gasteiger charge is 2.26. The summed E-state index contributed by atoms with van der Waals surface area (Å²) >= 11 is 3.74. The summed E-state index contributed by atoms with van der Waals surface area (Å²) in [4.78, 5) is 4.64. The summed E-state index contributed by atoms with van der Waals surface area (Å²) in [6.07, 6.45) is 6.12. The Bertz CT molecular complexity index is 295. The zero-order chi connectivity index (χ0) is 10.5. The van der Waals surface area contributed by atoms with Gasteiger partial charge in [-0.3, -0.25) is 0 Å². The van der Waals surface area contributed by atoms with E-state index >= 15 is 0 Å². The number of thioether (sulfide) groups is 1. The van der Waals surface area contributed by atoms with Crippen molar-refractivity contribution in [2.24, 2.45) is 0 Å². The van der Waals surface area contributed by atoms with Gasteiger partial charge in [0.15, 0.2) is 0 Å². The van der Waals surface area contributed by atoms with Crippen LogP contribution in [0.5, 0.6) is 0 Å². The topological polar surface area (TPSA) is 24.9 Å². The molecule has 0 radical (unpaired) electrons. The second-order valence-electron chi connectivity index (χ2n) is 3.97. The van der Waals surface area contributed by atoms with Gasteiger partial charge in [0.25, 0.3) is 0 Å². The second-order valence-corrected chi connectivity index (χ2v) is 5.85. The van der Waals surface area contributed by atoms with Crippen LogP contribution in [0.1, 0.15) is 35.9 Å². The maximum atomic E-state index is 4.64. The van der Waals surface area contributed by atoms with E-state index in [0.29, 0.717) is 0 Å². The highest BCUT2D eigenvalue weighted by atomic mass is 32.2. The number of hydrogen-bond donors (Lipinski definition) is 1. The third kappa shape index (κ3) is 3.78. The van der Waals surface area contributed by atoms with E-state index in [1.54, 1.807) is 0 Å². The Morgan fingerprint density at radius 2 is 2.47 bits per heavy atom. The molecule has 1 fully saturated rings. The SMILES string of the molecule is CSCCCNCc1csc(C2CC2)n1. The van der Waals surface area contributed by atoms with E-state index in [4.69, 9.17) is 0 Å². The quantitative estimate of drug-likeness (QED) is 0.744. The van der Waals surface area contributed by atoms with Crippen LogP contribution in [0.2, 0.25) is 0 Å². The minimum atomic E-state index is 0.806. The van der Waals surface area contributed by atoms with Crippen molar-refractivity contribution in [1.82, 2.24) is 10.3 Å². The van der Waals surface area contributed by atoms with E-state index in [-0.39, 0.29) is 0 Å². The maximum Gasteiger partial charge on any atom is 0.0959 e. The number of rotatable bonds is 7. The summed E-state index contributed by atoms with van der Waals surface area (Å²) in [6, 6.07) is 0. The van der Waals surface area contributed by atoms with Gasteiger partial charge in [0, 0.05) is 17.8 Å². The molecule has 1 aromatic heterocycles. The molecule has 4 heteroatoms. The van der Waals surface area contributed by atoms with Crippen molar-refractivity contribution in [3.63, 3.8) is 0 Å². The molecule has 0 aromatic carbocycles. The minimum Gasteiger partial charge on any atom is -0.311 e. The normalized spacial score (nSPS) is 15.8. The summed E-state index contributed by atoms with van der Waals surface area (Å²) in [5.41, 5.74) is 1.23. The molecule has 2 nitrogen and oxygen atoms in total. The summed E-state index contributed by atoms with van der Waals surface area (Å²) in [7, 11) is 0. The summed E-state index contributed by atoms with van der Waals surface area (Å²) in [5, 5.41) is 7.00. The largest absolute Gasteiger partial charge is 0.311 e. The number of nitrogens with zero attached hydrogens (tertiary/aromatic N) is 1. The second kappa shape index (κ2) is 5.87. The van der Waals surface area contributed by atoms with Crippen LogP contribution in [0.15, 0.2) is 5.38 Å². The molecule has 84 valence electrons. The van der Waals surface area contributed by atoms with Crippen LogP contribution in [-0.2, 0) is 6.54 Å². The van der Waals surface area contributed by atoms with Crippen LogP contribution >= 0.6 is 23.1 Å². The molecule has 1 saturated carbocycles. The molecular weight excluding hydrogens is 224 g/mol. The Morgan fingerprint density at radius 3 is 3.20 bits per heavy atom. The number of hydrogen-bond acceptors (Lipinski definition) is 4. The van der Waals surface area contributed by atoms with Gasteiger partial charge in [-0.15, -0.1) is 11.3 Å². The van der Waals surface area contributed by atoms with Crippen molar-refractivity contribution in [3.8, 4) is 0 Å². The average molecular weight is 242 g/mol. The summed E-state index contributed by atoms with van der Waals surface area (Å²) < 4.78 is 0. The minimum absolute atomic E-state index is 0.806. The van der Waals surface area contributed by atoms with Gasteiger partial charge in [-0.05, 0) is 37.8 Å². The standard InChI is InChI=1S/C11H18N2S2/c1-14-6-2-5-12-7-10-8-15-11(13-10)9-3-4-9/h8-9,12H,2-7H2,1H3. The fraction of sp³-hybridized carbons (Fsp3) is 0.727. The van der Waals surface area contributed by atoms with Crippen LogP contribution in [0.4, 0.5) is 0 Å². The van der Waals surface area contributed by atoms with Crippen molar-refractivity contribution in [3.05, 3.63) is 16.1 Å². The molecule has 0 amide bonds. The predicted molar refractivity (Wildman–Crippen MR) is 68.8 cm³/mol. The number of nitrogens with one attached hydrogen (secondary N) is 1. The lowest BCUT2D eigenvalue weighted by Gasteiger charge is -2.00. The first-order chi connectivity index (χ1) is 7.40. The first-order valence-electron chi connectivity index (χ1n) is 5.54. The van der Waals surface area contributed by atoms with E-state index < -0.39 is 0 Å². The van der Waals surface area contributed by atoms with Crippen molar-refractivity contribution in [1.29, 1.82) is 0 Å². The van der Waals surface area contributed by atoms with E-state index in [9.17, 15) is 0 Å².